The SMILES string of the molecule is COc1ccc(OC)c(C(=O)COC(=O)/C(=C/c2ccccc2)n2nnnc2C)c1. The Labute approximate surface area is 172 Å². The molecule has 1 aromatic heterocycles. The molecule has 0 amide bonds. The first kappa shape index (κ1) is 20.7. The number of hydrogen-bond donors (Lipinski definition) is 0. The summed E-state index contributed by atoms with van der Waals surface area (Å²) in [5.74, 6) is 0.0543. The van der Waals surface area contributed by atoms with Crippen LogP contribution in [0.15, 0.2) is 48.5 Å². The Kier molecular flexibility index (Phi) is 6.53. The molecular formula is C21H20N4O5. The molecule has 0 radical (unpaired) electrons. The maximum absolute atomic E-state index is 12.8. The molecule has 0 bridgehead atoms. The molecule has 0 aliphatic carbocycles. The van der Waals surface area contributed by atoms with Crippen molar-refractivity contribution in [3.63, 3.8) is 0 Å². The highest BCUT2D eigenvalue weighted by Gasteiger charge is 2.21. The van der Waals surface area contributed by atoms with Crippen LogP contribution >= 0.6 is 0 Å². The Balaban J connectivity index is 1.83. The monoisotopic (exact) mass is 408 g/mol. The molecule has 0 fully saturated rings. The lowest BCUT2D eigenvalue weighted by Crippen LogP contribution is -2.19. The molecule has 0 saturated carbocycles. The van der Waals surface area contributed by atoms with E-state index >= 15 is 0 Å². The summed E-state index contributed by atoms with van der Waals surface area (Å²) in [6.45, 7) is 1.16. The molecule has 3 rings (SSSR count). The van der Waals surface area contributed by atoms with Crippen LogP contribution < -0.4 is 9.47 Å². The zero-order chi connectivity index (χ0) is 21.5. The van der Waals surface area contributed by atoms with Gasteiger partial charge < -0.3 is 14.2 Å². The second-order valence-electron chi connectivity index (χ2n) is 6.14. The van der Waals surface area contributed by atoms with Crippen LogP contribution in [0.3, 0.4) is 0 Å². The second kappa shape index (κ2) is 9.46. The number of esters is 1. The number of rotatable bonds is 8. The van der Waals surface area contributed by atoms with Gasteiger partial charge in [0, 0.05) is 0 Å². The minimum Gasteiger partial charge on any atom is -0.497 e. The molecule has 1 heterocycles. The van der Waals surface area contributed by atoms with Crippen molar-refractivity contribution in [3.8, 4) is 11.5 Å². The van der Waals surface area contributed by atoms with Crippen molar-refractivity contribution >= 4 is 23.5 Å². The lowest BCUT2D eigenvalue weighted by atomic mass is 10.1. The van der Waals surface area contributed by atoms with E-state index in [0.29, 0.717) is 17.3 Å². The molecule has 3 aromatic rings. The molecule has 0 spiro atoms. The third-order valence-electron chi connectivity index (χ3n) is 4.21. The van der Waals surface area contributed by atoms with E-state index < -0.39 is 18.4 Å². The number of benzene rings is 2. The van der Waals surface area contributed by atoms with Crippen LogP contribution in [0.5, 0.6) is 11.5 Å². The van der Waals surface area contributed by atoms with Gasteiger partial charge >= 0.3 is 5.97 Å². The van der Waals surface area contributed by atoms with Gasteiger partial charge in [-0.2, -0.15) is 4.68 Å². The topological polar surface area (TPSA) is 105 Å². The summed E-state index contributed by atoms with van der Waals surface area (Å²) in [5, 5.41) is 11.2. The van der Waals surface area contributed by atoms with Crippen molar-refractivity contribution in [1.82, 2.24) is 20.2 Å². The summed E-state index contributed by atoms with van der Waals surface area (Å²) in [5.41, 5.74) is 1.08. The summed E-state index contributed by atoms with van der Waals surface area (Å²) >= 11 is 0. The highest BCUT2D eigenvalue weighted by atomic mass is 16.5. The molecule has 9 heteroatoms. The molecule has 30 heavy (non-hydrogen) atoms. The number of nitrogens with zero attached hydrogens (tertiary/aromatic N) is 4. The Morgan fingerprint density at radius 3 is 2.47 bits per heavy atom. The second-order valence-corrected chi connectivity index (χ2v) is 6.14. The zero-order valence-electron chi connectivity index (χ0n) is 16.7. The van der Waals surface area contributed by atoms with Crippen molar-refractivity contribution in [1.29, 1.82) is 0 Å². The Morgan fingerprint density at radius 2 is 1.83 bits per heavy atom. The number of aromatic nitrogens is 4. The average molecular weight is 408 g/mol. The fraction of sp³-hybridized carbons (Fsp3) is 0.190. The fourth-order valence-electron chi connectivity index (χ4n) is 2.68. The normalized spacial score (nSPS) is 11.1. The summed E-state index contributed by atoms with van der Waals surface area (Å²) in [6, 6.07) is 14.0. The predicted octanol–water partition coefficient (Wildman–Crippen LogP) is 2.42. The van der Waals surface area contributed by atoms with Gasteiger partial charge in [-0.1, -0.05) is 30.3 Å². The molecule has 0 unspecified atom stereocenters. The standard InChI is InChI=1S/C21H20N4O5/c1-14-22-23-24-25(14)18(11-15-7-5-4-6-8-15)21(27)30-13-19(26)17-12-16(28-2)9-10-20(17)29-3/h4-12H,13H2,1-3H3/b18-11-. The van der Waals surface area contributed by atoms with Gasteiger partial charge in [0.1, 0.15) is 11.5 Å². The van der Waals surface area contributed by atoms with Crippen molar-refractivity contribution < 1.29 is 23.8 Å². The maximum Gasteiger partial charge on any atom is 0.357 e. The number of carbonyl (C=O) groups excluding carboxylic acids is 2. The first-order chi connectivity index (χ1) is 14.5. The number of Topliss-reactive ketones (excluding diaryl/α,β-unsaturated/α-hetero) is 1. The summed E-state index contributed by atoms with van der Waals surface area (Å²) in [7, 11) is 2.94. The number of hydrogen-bond acceptors (Lipinski definition) is 8. The van der Waals surface area contributed by atoms with Crippen molar-refractivity contribution in [2.75, 3.05) is 20.8 Å². The van der Waals surface area contributed by atoms with Crippen LogP contribution in [0.1, 0.15) is 21.7 Å². The first-order valence-corrected chi connectivity index (χ1v) is 8.98. The third-order valence-corrected chi connectivity index (χ3v) is 4.21. The number of aryl methyl sites for hydroxylation is 1. The smallest absolute Gasteiger partial charge is 0.357 e. The number of methoxy groups -OCH3 is 2. The lowest BCUT2D eigenvalue weighted by Gasteiger charge is -2.11. The molecule has 0 saturated heterocycles. The van der Waals surface area contributed by atoms with Gasteiger partial charge in [-0.25, -0.2) is 4.79 Å². The highest BCUT2D eigenvalue weighted by Crippen LogP contribution is 2.24. The van der Waals surface area contributed by atoms with Crippen LogP contribution in [0.25, 0.3) is 11.8 Å². The summed E-state index contributed by atoms with van der Waals surface area (Å²) in [6.07, 6.45) is 1.59. The van der Waals surface area contributed by atoms with Gasteiger partial charge in [0.25, 0.3) is 0 Å². The highest BCUT2D eigenvalue weighted by molar-refractivity contribution is 6.16. The van der Waals surface area contributed by atoms with E-state index in [-0.39, 0.29) is 11.3 Å². The Bertz CT molecular complexity index is 1080. The average Bonchev–Trinajstić information content (AvgIpc) is 3.21. The molecule has 0 N–H and O–H groups in total. The molecule has 154 valence electrons. The third kappa shape index (κ3) is 4.69. The molecule has 9 nitrogen and oxygen atoms in total. The van der Waals surface area contributed by atoms with Crippen LogP contribution in [0.4, 0.5) is 0 Å². The van der Waals surface area contributed by atoms with E-state index in [1.54, 1.807) is 25.1 Å². The van der Waals surface area contributed by atoms with Crippen LogP contribution in [0, 0.1) is 6.92 Å². The number of ketones is 1. The van der Waals surface area contributed by atoms with E-state index in [9.17, 15) is 9.59 Å². The number of tetrazole rings is 1. The van der Waals surface area contributed by atoms with E-state index in [4.69, 9.17) is 14.2 Å². The van der Waals surface area contributed by atoms with E-state index in [1.165, 1.54) is 25.0 Å². The van der Waals surface area contributed by atoms with Crippen LogP contribution in [-0.4, -0.2) is 52.8 Å². The van der Waals surface area contributed by atoms with E-state index in [2.05, 4.69) is 15.5 Å². The van der Waals surface area contributed by atoms with Gasteiger partial charge in [-0.3, -0.25) is 4.79 Å². The van der Waals surface area contributed by atoms with Gasteiger partial charge in [0.2, 0.25) is 5.78 Å². The van der Waals surface area contributed by atoms with Crippen LogP contribution in [-0.2, 0) is 9.53 Å². The molecule has 0 aliphatic rings. The van der Waals surface area contributed by atoms with Gasteiger partial charge in [0.15, 0.2) is 18.1 Å². The van der Waals surface area contributed by atoms with Crippen molar-refractivity contribution in [2.45, 2.75) is 6.92 Å². The van der Waals surface area contributed by atoms with Crippen molar-refractivity contribution in [3.05, 3.63) is 65.5 Å². The Hall–Kier alpha value is -4.01. The molecule has 2 aromatic carbocycles. The van der Waals surface area contributed by atoms with Gasteiger partial charge in [0.05, 0.1) is 19.8 Å². The number of carbonyl (C=O) groups is 2. The molecule has 0 aliphatic heterocycles. The number of ether oxygens (including phenoxy) is 3. The zero-order valence-corrected chi connectivity index (χ0v) is 16.7. The van der Waals surface area contributed by atoms with E-state index in [1.807, 2.05) is 30.3 Å². The van der Waals surface area contributed by atoms with Gasteiger partial charge in [-0.05, 0) is 47.2 Å². The predicted molar refractivity (Wildman–Crippen MR) is 108 cm³/mol. The summed E-state index contributed by atoms with van der Waals surface area (Å²) in [4.78, 5) is 25.4. The van der Waals surface area contributed by atoms with Crippen LogP contribution in [0.2, 0.25) is 0 Å². The minimum absolute atomic E-state index is 0.0779. The Morgan fingerprint density at radius 1 is 1.07 bits per heavy atom. The largest absolute Gasteiger partial charge is 0.497 e. The summed E-state index contributed by atoms with van der Waals surface area (Å²) < 4.78 is 16.9. The lowest BCUT2D eigenvalue weighted by molar-refractivity contribution is -0.136. The van der Waals surface area contributed by atoms with Crippen molar-refractivity contribution in [2.24, 2.45) is 0 Å². The quantitative estimate of drug-likeness (QED) is 0.318. The minimum atomic E-state index is -0.746. The van der Waals surface area contributed by atoms with Gasteiger partial charge in [-0.15, -0.1) is 5.10 Å². The molecule has 0 atom stereocenters. The van der Waals surface area contributed by atoms with E-state index in [0.717, 1.165) is 5.56 Å². The fourth-order valence-corrected chi connectivity index (χ4v) is 2.68. The molecular weight excluding hydrogens is 388 g/mol. The maximum atomic E-state index is 12.8. The first-order valence-electron chi connectivity index (χ1n) is 8.98.